The van der Waals surface area contributed by atoms with Crippen LogP contribution in [-0.4, -0.2) is 16.1 Å². The van der Waals surface area contributed by atoms with Crippen molar-refractivity contribution in [3.63, 3.8) is 0 Å². The molecule has 0 aliphatic heterocycles. The number of halogens is 1. The quantitative estimate of drug-likeness (QED) is 0.743. The van der Waals surface area contributed by atoms with Gasteiger partial charge >= 0.3 is 0 Å². The van der Waals surface area contributed by atoms with Gasteiger partial charge in [-0.3, -0.25) is 0 Å². The van der Waals surface area contributed by atoms with E-state index in [1.165, 1.54) is 12.0 Å². The number of imidazole rings is 1. The second kappa shape index (κ2) is 8.08. The number of hydrogen-bond acceptors (Lipinski definition) is 2. The van der Waals surface area contributed by atoms with Crippen molar-refractivity contribution in [3.8, 4) is 0 Å². The molecule has 1 heterocycles. The standard InChI is InChI=1S/C16H22ClN3/c1-2-4-16(14-5-7-15(17)8-6-14)19-9-3-11-20-12-10-18-13-20/h5-8,10,12-13,16,19H,2-4,9,11H2,1H3. The van der Waals surface area contributed by atoms with E-state index < -0.39 is 0 Å². The highest BCUT2D eigenvalue weighted by Gasteiger charge is 2.09. The average Bonchev–Trinajstić information content (AvgIpc) is 2.96. The summed E-state index contributed by atoms with van der Waals surface area (Å²) in [5.41, 5.74) is 1.32. The molecule has 0 saturated heterocycles. The van der Waals surface area contributed by atoms with Gasteiger partial charge in [-0.15, -0.1) is 0 Å². The van der Waals surface area contributed by atoms with Gasteiger partial charge in [-0.05, 0) is 37.1 Å². The van der Waals surface area contributed by atoms with E-state index >= 15 is 0 Å². The first-order valence-corrected chi connectivity index (χ1v) is 7.62. The van der Waals surface area contributed by atoms with Gasteiger partial charge < -0.3 is 9.88 Å². The van der Waals surface area contributed by atoms with Crippen LogP contribution in [0.4, 0.5) is 0 Å². The number of aryl methyl sites for hydroxylation is 1. The fourth-order valence-corrected chi connectivity index (χ4v) is 2.45. The minimum Gasteiger partial charge on any atom is -0.337 e. The predicted octanol–water partition coefficient (Wildman–Crippen LogP) is 4.06. The van der Waals surface area contributed by atoms with Crippen molar-refractivity contribution < 1.29 is 0 Å². The zero-order valence-corrected chi connectivity index (χ0v) is 12.7. The summed E-state index contributed by atoms with van der Waals surface area (Å²) in [6.07, 6.45) is 9.10. The molecule has 0 aliphatic rings. The van der Waals surface area contributed by atoms with E-state index in [4.69, 9.17) is 11.6 Å². The molecule has 1 unspecified atom stereocenters. The van der Waals surface area contributed by atoms with Crippen LogP contribution in [0.3, 0.4) is 0 Å². The van der Waals surface area contributed by atoms with Crippen LogP contribution >= 0.6 is 11.6 Å². The smallest absolute Gasteiger partial charge is 0.0945 e. The number of hydrogen-bond donors (Lipinski definition) is 1. The van der Waals surface area contributed by atoms with E-state index in [-0.39, 0.29) is 0 Å². The zero-order chi connectivity index (χ0) is 14.2. The van der Waals surface area contributed by atoms with Gasteiger partial charge in [-0.25, -0.2) is 4.98 Å². The van der Waals surface area contributed by atoms with E-state index in [9.17, 15) is 0 Å². The van der Waals surface area contributed by atoms with Gasteiger partial charge in [-0.1, -0.05) is 37.1 Å². The normalized spacial score (nSPS) is 12.5. The third-order valence-electron chi connectivity index (χ3n) is 3.39. The molecule has 1 aromatic heterocycles. The van der Waals surface area contributed by atoms with E-state index in [0.717, 1.165) is 31.0 Å². The Kier molecular flexibility index (Phi) is 6.09. The summed E-state index contributed by atoms with van der Waals surface area (Å²) in [5.74, 6) is 0. The van der Waals surface area contributed by atoms with Gasteiger partial charge in [0.2, 0.25) is 0 Å². The Hall–Kier alpha value is -1.32. The predicted molar refractivity (Wildman–Crippen MR) is 83.9 cm³/mol. The Morgan fingerprint density at radius 1 is 1.30 bits per heavy atom. The number of nitrogens with one attached hydrogen (secondary N) is 1. The molecule has 1 N–H and O–H groups in total. The van der Waals surface area contributed by atoms with Crippen molar-refractivity contribution >= 4 is 11.6 Å². The molecule has 20 heavy (non-hydrogen) atoms. The molecule has 1 aromatic carbocycles. The van der Waals surface area contributed by atoms with E-state index in [0.29, 0.717) is 6.04 Å². The largest absolute Gasteiger partial charge is 0.337 e. The van der Waals surface area contributed by atoms with Gasteiger partial charge in [0.05, 0.1) is 6.33 Å². The highest BCUT2D eigenvalue weighted by Crippen LogP contribution is 2.20. The van der Waals surface area contributed by atoms with Crippen LogP contribution in [0.2, 0.25) is 5.02 Å². The second-order valence-electron chi connectivity index (χ2n) is 5.00. The van der Waals surface area contributed by atoms with Gasteiger partial charge in [0.1, 0.15) is 0 Å². The van der Waals surface area contributed by atoms with Crippen molar-refractivity contribution in [2.45, 2.75) is 38.8 Å². The summed E-state index contributed by atoms with van der Waals surface area (Å²) in [7, 11) is 0. The molecule has 0 saturated carbocycles. The second-order valence-corrected chi connectivity index (χ2v) is 5.44. The number of aromatic nitrogens is 2. The van der Waals surface area contributed by atoms with Gasteiger partial charge in [0.25, 0.3) is 0 Å². The molecule has 0 fully saturated rings. The molecule has 0 bridgehead atoms. The molecule has 108 valence electrons. The highest BCUT2D eigenvalue weighted by atomic mass is 35.5. The molecule has 0 radical (unpaired) electrons. The highest BCUT2D eigenvalue weighted by molar-refractivity contribution is 6.30. The lowest BCUT2D eigenvalue weighted by Crippen LogP contribution is -2.23. The Labute approximate surface area is 126 Å². The van der Waals surface area contributed by atoms with Gasteiger partial charge in [-0.2, -0.15) is 0 Å². The summed E-state index contributed by atoms with van der Waals surface area (Å²) in [6, 6.07) is 8.58. The average molecular weight is 292 g/mol. The van der Waals surface area contributed by atoms with Crippen LogP contribution in [0.5, 0.6) is 0 Å². The molecule has 2 aromatic rings. The minimum atomic E-state index is 0.417. The maximum absolute atomic E-state index is 5.95. The Bertz CT molecular complexity index is 479. The van der Waals surface area contributed by atoms with Crippen LogP contribution in [0.25, 0.3) is 0 Å². The first kappa shape index (κ1) is 15.1. The van der Waals surface area contributed by atoms with Crippen molar-refractivity contribution in [2.24, 2.45) is 0 Å². The minimum absolute atomic E-state index is 0.417. The SMILES string of the molecule is CCCC(NCCCn1ccnc1)c1ccc(Cl)cc1. The lowest BCUT2D eigenvalue weighted by atomic mass is 10.0. The van der Waals surface area contributed by atoms with Crippen molar-refractivity contribution in [2.75, 3.05) is 6.54 Å². The summed E-state index contributed by atoms with van der Waals surface area (Å²) in [4.78, 5) is 4.05. The lowest BCUT2D eigenvalue weighted by Gasteiger charge is -2.19. The topological polar surface area (TPSA) is 29.9 Å². The number of rotatable bonds is 8. The molecular formula is C16H22ClN3. The first-order valence-electron chi connectivity index (χ1n) is 7.24. The fourth-order valence-electron chi connectivity index (χ4n) is 2.33. The lowest BCUT2D eigenvalue weighted by molar-refractivity contribution is 0.473. The van der Waals surface area contributed by atoms with Gasteiger partial charge in [0, 0.05) is 30.0 Å². The molecule has 0 spiro atoms. The molecule has 2 rings (SSSR count). The monoisotopic (exact) mass is 291 g/mol. The Morgan fingerprint density at radius 2 is 2.10 bits per heavy atom. The Morgan fingerprint density at radius 3 is 2.75 bits per heavy atom. The molecule has 0 aliphatic carbocycles. The zero-order valence-electron chi connectivity index (χ0n) is 11.9. The van der Waals surface area contributed by atoms with Crippen LogP contribution < -0.4 is 5.32 Å². The van der Waals surface area contributed by atoms with E-state index in [1.54, 1.807) is 0 Å². The molecule has 1 atom stereocenters. The summed E-state index contributed by atoms with van der Waals surface area (Å²) in [5, 5.41) is 4.44. The maximum atomic E-state index is 5.95. The molecular weight excluding hydrogens is 270 g/mol. The van der Waals surface area contributed by atoms with E-state index in [1.807, 2.05) is 30.9 Å². The van der Waals surface area contributed by atoms with Crippen molar-refractivity contribution in [1.82, 2.24) is 14.9 Å². The van der Waals surface area contributed by atoms with Crippen LogP contribution in [-0.2, 0) is 6.54 Å². The van der Waals surface area contributed by atoms with Crippen LogP contribution in [0.15, 0.2) is 43.0 Å². The summed E-state index contributed by atoms with van der Waals surface area (Å²) < 4.78 is 2.11. The number of benzene rings is 1. The summed E-state index contributed by atoms with van der Waals surface area (Å²) >= 11 is 5.95. The number of nitrogens with zero attached hydrogens (tertiary/aromatic N) is 2. The van der Waals surface area contributed by atoms with Crippen molar-refractivity contribution in [1.29, 1.82) is 0 Å². The van der Waals surface area contributed by atoms with Crippen LogP contribution in [0, 0.1) is 0 Å². The fraction of sp³-hybridized carbons (Fsp3) is 0.438. The maximum Gasteiger partial charge on any atom is 0.0945 e. The first-order chi connectivity index (χ1) is 9.79. The third kappa shape index (κ3) is 4.66. The molecule has 3 nitrogen and oxygen atoms in total. The van der Waals surface area contributed by atoms with Crippen molar-refractivity contribution in [3.05, 3.63) is 53.6 Å². The third-order valence-corrected chi connectivity index (χ3v) is 3.64. The summed E-state index contributed by atoms with van der Waals surface area (Å²) in [6.45, 7) is 4.23. The molecule has 0 amide bonds. The van der Waals surface area contributed by atoms with Crippen LogP contribution in [0.1, 0.15) is 37.8 Å². The molecule has 4 heteroatoms. The van der Waals surface area contributed by atoms with Gasteiger partial charge in [0.15, 0.2) is 0 Å². The Balaban J connectivity index is 1.81. The van der Waals surface area contributed by atoms with E-state index in [2.05, 4.69) is 33.9 Å².